The zero-order valence-corrected chi connectivity index (χ0v) is 14.3. The highest BCUT2D eigenvalue weighted by Gasteiger charge is 2.35. The van der Waals surface area contributed by atoms with E-state index in [1.165, 1.54) is 0 Å². The molecule has 2 amide bonds. The second-order valence-corrected chi connectivity index (χ2v) is 6.74. The third-order valence-electron chi connectivity index (χ3n) is 3.68. The standard InChI is InChI=1S/C18H28N2O2/c1-13(2)9-10-19-16(21)18(4,5)17(22)20-12-15-8-6-7-14(3)11-15/h6-8,11,13H,9-10,12H2,1-5H3,(H,19,21)(H,20,22). The van der Waals surface area contributed by atoms with Crippen LogP contribution in [-0.2, 0) is 16.1 Å². The van der Waals surface area contributed by atoms with Crippen LogP contribution in [0.25, 0.3) is 0 Å². The van der Waals surface area contributed by atoms with Gasteiger partial charge >= 0.3 is 0 Å². The van der Waals surface area contributed by atoms with Gasteiger partial charge in [0.25, 0.3) is 0 Å². The molecule has 0 bridgehead atoms. The van der Waals surface area contributed by atoms with Gasteiger partial charge in [-0.05, 0) is 38.7 Å². The fourth-order valence-electron chi connectivity index (χ4n) is 2.02. The van der Waals surface area contributed by atoms with Gasteiger partial charge in [-0.15, -0.1) is 0 Å². The highest BCUT2D eigenvalue weighted by atomic mass is 16.2. The van der Waals surface area contributed by atoms with Crippen molar-refractivity contribution in [2.75, 3.05) is 6.54 Å². The second kappa shape index (κ2) is 7.97. The molecule has 0 saturated carbocycles. The summed E-state index contributed by atoms with van der Waals surface area (Å²) in [5.41, 5.74) is 1.11. The van der Waals surface area contributed by atoms with E-state index in [1.54, 1.807) is 13.8 Å². The molecule has 0 aliphatic rings. The Hall–Kier alpha value is -1.84. The first kappa shape index (κ1) is 18.2. The molecule has 0 aliphatic heterocycles. The molecule has 0 fully saturated rings. The molecule has 0 spiro atoms. The van der Waals surface area contributed by atoms with Crippen molar-refractivity contribution < 1.29 is 9.59 Å². The summed E-state index contributed by atoms with van der Waals surface area (Å²) in [6.07, 6.45) is 0.909. The van der Waals surface area contributed by atoms with Crippen LogP contribution in [-0.4, -0.2) is 18.4 Å². The topological polar surface area (TPSA) is 58.2 Å². The minimum absolute atomic E-state index is 0.227. The van der Waals surface area contributed by atoms with Crippen molar-refractivity contribution >= 4 is 11.8 Å². The zero-order valence-electron chi connectivity index (χ0n) is 14.3. The summed E-state index contributed by atoms with van der Waals surface area (Å²) >= 11 is 0. The van der Waals surface area contributed by atoms with E-state index in [9.17, 15) is 9.59 Å². The number of amides is 2. The molecule has 122 valence electrons. The molecule has 0 saturated heterocycles. The first-order valence-electron chi connectivity index (χ1n) is 7.85. The van der Waals surface area contributed by atoms with Gasteiger partial charge in [0.05, 0.1) is 0 Å². The maximum atomic E-state index is 12.3. The fourth-order valence-corrected chi connectivity index (χ4v) is 2.02. The number of hydrogen-bond donors (Lipinski definition) is 2. The van der Waals surface area contributed by atoms with E-state index in [2.05, 4.69) is 24.5 Å². The molecule has 1 aromatic rings. The van der Waals surface area contributed by atoms with Crippen molar-refractivity contribution in [2.24, 2.45) is 11.3 Å². The Kier molecular flexibility index (Phi) is 6.60. The summed E-state index contributed by atoms with van der Waals surface area (Å²) in [5, 5.41) is 5.69. The second-order valence-electron chi connectivity index (χ2n) is 6.74. The first-order chi connectivity index (χ1) is 10.2. The minimum Gasteiger partial charge on any atom is -0.355 e. The number of benzene rings is 1. The average molecular weight is 304 g/mol. The van der Waals surface area contributed by atoms with Crippen LogP contribution >= 0.6 is 0 Å². The third kappa shape index (κ3) is 5.51. The largest absolute Gasteiger partial charge is 0.355 e. The van der Waals surface area contributed by atoms with Gasteiger partial charge < -0.3 is 10.6 Å². The van der Waals surface area contributed by atoms with Crippen LogP contribution in [0, 0.1) is 18.3 Å². The molecule has 0 heterocycles. The lowest BCUT2D eigenvalue weighted by molar-refractivity contribution is -0.141. The lowest BCUT2D eigenvalue weighted by Gasteiger charge is -2.23. The van der Waals surface area contributed by atoms with E-state index in [-0.39, 0.29) is 11.8 Å². The van der Waals surface area contributed by atoms with Gasteiger partial charge in [0.2, 0.25) is 11.8 Å². The van der Waals surface area contributed by atoms with Crippen LogP contribution in [0.15, 0.2) is 24.3 Å². The number of carbonyl (C=O) groups is 2. The van der Waals surface area contributed by atoms with Gasteiger partial charge in [-0.3, -0.25) is 9.59 Å². The van der Waals surface area contributed by atoms with Crippen molar-refractivity contribution in [3.8, 4) is 0 Å². The van der Waals surface area contributed by atoms with E-state index in [0.29, 0.717) is 19.0 Å². The van der Waals surface area contributed by atoms with Crippen LogP contribution in [0.2, 0.25) is 0 Å². The van der Waals surface area contributed by atoms with Crippen LogP contribution in [0.4, 0.5) is 0 Å². The van der Waals surface area contributed by atoms with Gasteiger partial charge in [-0.1, -0.05) is 43.7 Å². The van der Waals surface area contributed by atoms with E-state index >= 15 is 0 Å². The molecule has 2 N–H and O–H groups in total. The Bertz CT molecular complexity index is 522. The summed E-state index contributed by atoms with van der Waals surface area (Å²) < 4.78 is 0. The predicted octanol–water partition coefficient (Wildman–Crippen LogP) is 2.80. The fraction of sp³-hybridized carbons (Fsp3) is 0.556. The van der Waals surface area contributed by atoms with Crippen LogP contribution in [0.1, 0.15) is 45.2 Å². The molecule has 1 aromatic carbocycles. The summed E-state index contributed by atoms with van der Waals surface area (Å²) in [6.45, 7) is 10.6. The number of hydrogen-bond acceptors (Lipinski definition) is 2. The highest BCUT2D eigenvalue weighted by molar-refractivity contribution is 6.04. The molecule has 0 unspecified atom stereocenters. The maximum Gasteiger partial charge on any atom is 0.235 e. The lowest BCUT2D eigenvalue weighted by atomic mass is 9.90. The molecular formula is C18H28N2O2. The van der Waals surface area contributed by atoms with Crippen LogP contribution in [0.5, 0.6) is 0 Å². The maximum absolute atomic E-state index is 12.3. The van der Waals surface area contributed by atoms with E-state index in [1.807, 2.05) is 31.2 Å². The van der Waals surface area contributed by atoms with Crippen molar-refractivity contribution in [1.29, 1.82) is 0 Å². The van der Waals surface area contributed by atoms with Crippen LogP contribution in [0.3, 0.4) is 0 Å². The third-order valence-corrected chi connectivity index (χ3v) is 3.68. The molecule has 0 aromatic heterocycles. The van der Waals surface area contributed by atoms with E-state index < -0.39 is 5.41 Å². The van der Waals surface area contributed by atoms with Gasteiger partial charge in [0, 0.05) is 13.1 Å². The van der Waals surface area contributed by atoms with E-state index in [0.717, 1.165) is 17.5 Å². The Labute approximate surface area is 133 Å². The first-order valence-corrected chi connectivity index (χ1v) is 7.85. The molecule has 0 radical (unpaired) electrons. The average Bonchev–Trinajstić information content (AvgIpc) is 2.44. The van der Waals surface area contributed by atoms with Gasteiger partial charge in [-0.2, -0.15) is 0 Å². The van der Waals surface area contributed by atoms with Crippen molar-refractivity contribution in [1.82, 2.24) is 10.6 Å². The van der Waals surface area contributed by atoms with Crippen molar-refractivity contribution in [2.45, 2.75) is 47.6 Å². The summed E-state index contributed by atoms with van der Waals surface area (Å²) in [4.78, 5) is 24.5. The Morgan fingerprint density at radius 1 is 1.14 bits per heavy atom. The Morgan fingerprint density at radius 2 is 1.77 bits per heavy atom. The molecule has 4 heteroatoms. The smallest absolute Gasteiger partial charge is 0.235 e. The number of rotatable bonds is 7. The van der Waals surface area contributed by atoms with Gasteiger partial charge in [-0.25, -0.2) is 0 Å². The minimum atomic E-state index is -1.07. The SMILES string of the molecule is Cc1cccc(CNC(=O)C(C)(C)C(=O)NCCC(C)C)c1. The van der Waals surface area contributed by atoms with Crippen molar-refractivity contribution in [3.63, 3.8) is 0 Å². The van der Waals surface area contributed by atoms with E-state index in [4.69, 9.17) is 0 Å². The van der Waals surface area contributed by atoms with Gasteiger partial charge in [0.15, 0.2) is 0 Å². The van der Waals surface area contributed by atoms with Gasteiger partial charge in [0.1, 0.15) is 5.41 Å². The predicted molar refractivity (Wildman–Crippen MR) is 89.3 cm³/mol. The molecule has 0 atom stereocenters. The Balaban J connectivity index is 2.53. The molecule has 22 heavy (non-hydrogen) atoms. The summed E-state index contributed by atoms with van der Waals surface area (Å²) in [7, 11) is 0. The molecule has 0 aliphatic carbocycles. The molecule has 4 nitrogen and oxygen atoms in total. The van der Waals surface area contributed by atoms with Crippen LogP contribution < -0.4 is 10.6 Å². The summed E-state index contributed by atoms with van der Waals surface area (Å²) in [6, 6.07) is 7.96. The van der Waals surface area contributed by atoms with Crippen molar-refractivity contribution in [3.05, 3.63) is 35.4 Å². The number of aryl methyl sites for hydroxylation is 1. The number of carbonyl (C=O) groups excluding carboxylic acids is 2. The normalized spacial score (nSPS) is 11.4. The lowest BCUT2D eigenvalue weighted by Crippen LogP contribution is -2.47. The zero-order chi connectivity index (χ0) is 16.8. The molecular weight excluding hydrogens is 276 g/mol. The number of nitrogens with one attached hydrogen (secondary N) is 2. The Morgan fingerprint density at radius 3 is 2.36 bits per heavy atom. The quantitative estimate of drug-likeness (QED) is 0.761. The summed E-state index contributed by atoms with van der Waals surface area (Å²) in [5.74, 6) is 0.0458. The highest BCUT2D eigenvalue weighted by Crippen LogP contribution is 2.16. The molecule has 1 rings (SSSR count). The monoisotopic (exact) mass is 304 g/mol.